The zero-order valence-corrected chi connectivity index (χ0v) is 17.0. The molecule has 0 bridgehead atoms. The minimum atomic E-state index is -5.08. The van der Waals surface area contributed by atoms with E-state index in [0.29, 0.717) is 13.0 Å². The molecule has 2 heterocycles. The summed E-state index contributed by atoms with van der Waals surface area (Å²) < 4.78 is 37.5. The largest absolute Gasteiger partial charge is 0.492 e. The molecule has 2 N–H and O–H groups in total. The first kappa shape index (κ1) is 22.9. The number of amides is 1. The van der Waals surface area contributed by atoms with Gasteiger partial charge in [-0.2, -0.15) is 18.3 Å². The van der Waals surface area contributed by atoms with Gasteiger partial charge in [0.15, 0.2) is 0 Å². The Kier molecular flexibility index (Phi) is 6.82. The molecule has 0 saturated carbocycles. The number of para-hydroxylation sites is 1. The number of alkyl halides is 3. The number of carboxylic acids is 1. The zero-order chi connectivity index (χ0) is 23.3. The van der Waals surface area contributed by atoms with Crippen LogP contribution >= 0.6 is 0 Å². The number of H-pyrrole nitrogens is 1. The highest BCUT2D eigenvalue weighted by Crippen LogP contribution is 2.29. The Balaban J connectivity index is 0.000000360. The average molecular weight is 447 g/mol. The van der Waals surface area contributed by atoms with Crippen LogP contribution in [-0.2, 0) is 16.0 Å². The van der Waals surface area contributed by atoms with E-state index < -0.39 is 12.1 Å². The van der Waals surface area contributed by atoms with E-state index in [1.807, 2.05) is 61.8 Å². The molecule has 1 unspecified atom stereocenters. The van der Waals surface area contributed by atoms with Crippen molar-refractivity contribution in [2.45, 2.75) is 12.6 Å². The molecule has 1 aromatic heterocycles. The molecule has 0 saturated heterocycles. The van der Waals surface area contributed by atoms with Crippen LogP contribution in [0.4, 0.5) is 18.9 Å². The van der Waals surface area contributed by atoms with Crippen LogP contribution in [0.15, 0.2) is 60.9 Å². The number of aromatic amines is 1. The number of benzene rings is 2. The van der Waals surface area contributed by atoms with Gasteiger partial charge in [-0.3, -0.25) is 9.89 Å². The number of hydrogen-bond acceptors (Lipinski definition) is 4. The quantitative estimate of drug-likeness (QED) is 0.635. The third-order valence-electron chi connectivity index (χ3n) is 4.89. The van der Waals surface area contributed by atoms with Crippen LogP contribution in [0.5, 0.6) is 5.75 Å². The highest BCUT2D eigenvalue weighted by molar-refractivity contribution is 5.95. The van der Waals surface area contributed by atoms with E-state index in [2.05, 4.69) is 10.2 Å². The Morgan fingerprint density at radius 1 is 1.12 bits per heavy atom. The maximum atomic E-state index is 12.9. The van der Waals surface area contributed by atoms with Gasteiger partial charge in [-0.15, -0.1) is 0 Å². The van der Waals surface area contributed by atoms with Gasteiger partial charge in [0.2, 0.25) is 5.91 Å². The summed E-state index contributed by atoms with van der Waals surface area (Å²) in [5.41, 5.74) is 4.05. The monoisotopic (exact) mass is 447 g/mol. The number of carboxylic acid groups (broad SMARTS) is 1. The van der Waals surface area contributed by atoms with Crippen LogP contribution in [-0.4, -0.2) is 47.0 Å². The van der Waals surface area contributed by atoms with Gasteiger partial charge in [0.25, 0.3) is 0 Å². The first-order chi connectivity index (χ1) is 15.2. The summed E-state index contributed by atoms with van der Waals surface area (Å²) >= 11 is 0. The van der Waals surface area contributed by atoms with Crippen molar-refractivity contribution in [3.63, 3.8) is 0 Å². The standard InChI is InChI=1S/C20H19N3O2.C2HF3O2/c1-23(18-8-6-14(7-9-18)17-11-21-22-12-17)20(24)16-10-15-4-2-3-5-19(15)25-13-16;3-2(4,5)1(6)7/h2-9,11-12,16H,10,13H2,1H3,(H,21,22);(H,6,7). The van der Waals surface area contributed by atoms with Crippen LogP contribution < -0.4 is 9.64 Å². The van der Waals surface area contributed by atoms with Crippen LogP contribution in [0.3, 0.4) is 0 Å². The molecule has 1 aliphatic rings. The Hall–Kier alpha value is -3.82. The lowest BCUT2D eigenvalue weighted by molar-refractivity contribution is -0.192. The van der Waals surface area contributed by atoms with Crippen LogP contribution in [0.25, 0.3) is 11.1 Å². The fourth-order valence-electron chi connectivity index (χ4n) is 3.17. The Morgan fingerprint density at radius 3 is 2.38 bits per heavy atom. The summed E-state index contributed by atoms with van der Waals surface area (Å²) in [5, 5.41) is 13.9. The van der Waals surface area contributed by atoms with Gasteiger partial charge in [-0.25, -0.2) is 4.79 Å². The number of halogens is 3. The minimum Gasteiger partial charge on any atom is -0.492 e. The van der Waals surface area contributed by atoms with Crippen molar-refractivity contribution >= 4 is 17.6 Å². The zero-order valence-electron chi connectivity index (χ0n) is 17.0. The Bertz CT molecular complexity index is 1070. The average Bonchev–Trinajstić information content (AvgIpc) is 3.33. The maximum absolute atomic E-state index is 12.9. The third kappa shape index (κ3) is 5.45. The van der Waals surface area contributed by atoms with Crippen LogP contribution in [0.2, 0.25) is 0 Å². The lowest BCUT2D eigenvalue weighted by Gasteiger charge is -2.28. The van der Waals surface area contributed by atoms with E-state index in [9.17, 15) is 18.0 Å². The van der Waals surface area contributed by atoms with Crippen molar-refractivity contribution in [3.05, 3.63) is 66.5 Å². The van der Waals surface area contributed by atoms with E-state index in [4.69, 9.17) is 14.6 Å². The second kappa shape index (κ2) is 9.54. The summed E-state index contributed by atoms with van der Waals surface area (Å²) in [6, 6.07) is 15.8. The lowest BCUT2D eigenvalue weighted by atomic mass is 9.95. The minimum absolute atomic E-state index is 0.0746. The van der Waals surface area contributed by atoms with Crippen molar-refractivity contribution in [2.75, 3.05) is 18.6 Å². The van der Waals surface area contributed by atoms with Crippen molar-refractivity contribution in [3.8, 4) is 16.9 Å². The van der Waals surface area contributed by atoms with Crippen molar-refractivity contribution in [2.24, 2.45) is 5.92 Å². The van der Waals surface area contributed by atoms with E-state index in [1.54, 1.807) is 11.1 Å². The van der Waals surface area contributed by atoms with Crippen LogP contribution in [0.1, 0.15) is 5.56 Å². The fraction of sp³-hybridized carbons (Fsp3) is 0.227. The highest BCUT2D eigenvalue weighted by Gasteiger charge is 2.38. The van der Waals surface area contributed by atoms with Crippen molar-refractivity contribution in [1.29, 1.82) is 0 Å². The van der Waals surface area contributed by atoms with Gasteiger partial charge in [0.1, 0.15) is 12.4 Å². The van der Waals surface area contributed by atoms with Crippen LogP contribution in [0, 0.1) is 5.92 Å². The summed E-state index contributed by atoms with van der Waals surface area (Å²) in [7, 11) is 1.82. The molecule has 7 nitrogen and oxygen atoms in total. The van der Waals surface area contributed by atoms with Gasteiger partial charge in [-0.05, 0) is 35.7 Å². The van der Waals surface area contributed by atoms with E-state index in [1.165, 1.54) is 0 Å². The first-order valence-electron chi connectivity index (χ1n) is 9.54. The molecule has 1 atom stereocenters. The van der Waals surface area contributed by atoms with Crippen molar-refractivity contribution < 1.29 is 32.6 Å². The smallest absolute Gasteiger partial charge is 0.490 e. The molecule has 3 aromatic rings. The predicted molar refractivity (Wildman–Crippen MR) is 110 cm³/mol. The molecule has 1 amide bonds. The molecule has 32 heavy (non-hydrogen) atoms. The molecule has 2 aromatic carbocycles. The van der Waals surface area contributed by atoms with Gasteiger partial charge >= 0.3 is 12.1 Å². The number of fused-ring (bicyclic) bond motifs is 1. The Morgan fingerprint density at radius 2 is 1.78 bits per heavy atom. The number of carbonyl (C=O) groups excluding carboxylic acids is 1. The predicted octanol–water partition coefficient (Wildman–Crippen LogP) is 3.92. The van der Waals surface area contributed by atoms with Crippen molar-refractivity contribution in [1.82, 2.24) is 10.2 Å². The molecule has 168 valence electrons. The molecule has 0 aliphatic carbocycles. The number of anilines is 1. The molecule has 1 aliphatic heterocycles. The second-order valence-electron chi connectivity index (χ2n) is 7.05. The lowest BCUT2D eigenvalue weighted by Crippen LogP contribution is -2.38. The van der Waals surface area contributed by atoms with Gasteiger partial charge in [0, 0.05) is 24.5 Å². The SMILES string of the molecule is CN(C(=O)C1COc2ccccc2C1)c1ccc(-c2cn[nH]c2)cc1.O=C(O)C(F)(F)F. The highest BCUT2D eigenvalue weighted by atomic mass is 19.4. The molecular formula is C22H20F3N3O4. The number of nitrogens with zero attached hydrogens (tertiary/aromatic N) is 2. The summed E-state index contributed by atoms with van der Waals surface area (Å²) in [4.78, 5) is 23.5. The normalized spacial score (nSPS) is 14.9. The van der Waals surface area contributed by atoms with Gasteiger partial charge in [0.05, 0.1) is 12.1 Å². The Labute approximate surface area is 181 Å². The number of nitrogens with one attached hydrogen (secondary N) is 1. The maximum Gasteiger partial charge on any atom is 0.490 e. The number of carbonyl (C=O) groups is 2. The molecule has 0 radical (unpaired) electrons. The molecule has 0 fully saturated rings. The molecular weight excluding hydrogens is 427 g/mol. The third-order valence-corrected chi connectivity index (χ3v) is 4.89. The summed E-state index contributed by atoms with van der Waals surface area (Å²) in [5.74, 6) is -1.95. The van der Waals surface area contributed by atoms with E-state index >= 15 is 0 Å². The number of aromatic nitrogens is 2. The number of aliphatic carboxylic acids is 1. The van der Waals surface area contributed by atoms with Gasteiger partial charge in [-0.1, -0.05) is 30.3 Å². The molecule has 0 spiro atoms. The second-order valence-corrected chi connectivity index (χ2v) is 7.05. The van der Waals surface area contributed by atoms with E-state index in [-0.39, 0.29) is 11.8 Å². The van der Waals surface area contributed by atoms with E-state index in [0.717, 1.165) is 28.1 Å². The van der Waals surface area contributed by atoms with Gasteiger partial charge < -0.3 is 14.7 Å². The first-order valence-corrected chi connectivity index (χ1v) is 9.54. The number of rotatable bonds is 3. The summed E-state index contributed by atoms with van der Waals surface area (Å²) in [6.45, 7) is 0.424. The number of hydrogen-bond donors (Lipinski definition) is 2. The molecule has 4 rings (SSSR count). The topological polar surface area (TPSA) is 95.5 Å². The molecule has 10 heteroatoms. The fourth-order valence-corrected chi connectivity index (χ4v) is 3.17. The number of ether oxygens (including phenoxy) is 1. The summed E-state index contributed by atoms with van der Waals surface area (Å²) in [6.07, 6.45) is -0.742.